The Hall–Kier alpha value is -2.14. The zero-order valence-electron chi connectivity index (χ0n) is 14.6. The second-order valence-electron chi connectivity index (χ2n) is 7.36. The van der Waals surface area contributed by atoms with Crippen LogP contribution in [0.3, 0.4) is 0 Å². The van der Waals surface area contributed by atoms with Gasteiger partial charge < -0.3 is 9.40 Å². The SMILES string of the molecule is CC(C)(C)C(=O)ON1CCC(n2cnc(-c3ccccc3)c2)CC1. The second kappa shape index (κ2) is 6.77. The maximum absolute atomic E-state index is 12.0. The van der Waals surface area contributed by atoms with E-state index in [4.69, 9.17) is 4.84 Å². The molecule has 24 heavy (non-hydrogen) atoms. The molecule has 2 heterocycles. The normalized spacial score (nSPS) is 17.0. The van der Waals surface area contributed by atoms with E-state index in [0.717, 1.165) is 37.2 Å². The van der Waals surface area contributed by atoms with E-state index in [2.05, 4.69) is 27.9 Å². The molecular formula is C19H25N3O2. The van der Waals surface area contributed by atoms with Gasteiger partial charge in [0.1, 0.15) is 0 Å². The van der Waals surface area contributed by atoms with Gasteiger partial charge in [0, 0.05) is 30.9 Å². The van der Waals surface area contributed by atoms with Crippen LogP contribution in [-0.2, 0) is 9.63 Å². The fourth-order valence-corrected chi connectivity index (χ4v) is 2.78. The van der Waals surface area contributed by atoms with Crippen molar-refractivity contribution < 1.29 is 9.63 Å². The maximum atomic E-state index is 12.0. The predicted octanol–water partition coefficient (Wildman–Crippen LogP) is 3.69. The summed E-state index contributed by atoms with van der Waals surface area (Å²) in [5, 5.41) is 1.79. The molecule has 1 saturated heterocycles. The lowest BCUT2D eigenvalue weighted by atomic mass is 9.98. The van der Waals surface area contributed by atoms with Crippen molar-refractivity contribution in [3.8, 4) is 11.3 Å². The van der Waals surface area contributed by atoms with Crippen LogP contribution in [0.25, 0.3) is 11.3 Å². The number of nitrogens with zero attached hydrogens (tertiary/aromatic N) is 3. The lowest BCUT2D eigenvalue weighted by Gasteiger charge is -2.32. The van der Waals surface area contributed by atoms with Crippen molar-refractivity contribution in [3.63, 3.8) is 0 Å². The molecule has 0 unspecified atom stereocenters. The summed E-state index contributed by atoms with van der Waals surface area (Å²) in [6.45, 7) is 7.13. The van der Waals surface area contributed by atoms with E-state index < -0.39 is 5.41 Å². The summed E-state index contributed by atoms with van der Waals surface area (Å²) >= 11 is 0. The Bertz CT molecular complexity index is 680. The van der Waals surface area contributed by atoms with E-state index in [1.165, 1.54) is 0 Å². The fourth-order valence-electron chi connectivity index (χ4n) is 2.78. The van der Waals surface area contributed by atoms with Crippen LogP contribution in [0.5, 0.6) is 0 Å². The van der Waals surface area contributed by atoms with Gasteiger partial charge in [-0.05, 0) is 33.6 Å². The first-order valence-electron chi connectivity index (χ1n) is 8.50. The third-order valence-electron chi connectivity index (χ3n) is 4.34. The molecule has 1 aliphatic heterocycles. The number of carbonyl (C=O) groups is 1. The summed E-state index contributed by atoms with van der Waals surface area (Å²) < 4.78 is 2.19. The summed E-state index contributed by atoms with van der Waals surface area (Å²) in [5.74, 6) is -0.171. The van der Waals surface area contributed by atoms with Gasteiger partial charge in [-0.25, -0.2) is 9.78 Å². The Labute approximate surface area is 143 Å². The Morgan fingerprint density at radius 2 is 1.83 bits per heavy atom. The van der Waals surface area contributed by atoms with Crippen molar-refractivity contribution in [2.45, 2.75) is 39.7 Å². The number of hydrogen-bond donors (Lipinski definition) is 0. The number of piperidine rings is 1. The van der Waals surface area contributed by atoms with Gasteiger partial charge in [-0.2, -0.15) is 0 Å². The molecule has 0 N–H and O–H groups in total. The highest BCUT2D eigenvalue weighted by molar-refractivity contribution is 5.75. The average molecular weight is 327 g/mol. The quantitative estimate of drug-likeness (QED) is 0.862. The first-order chi connectivity index (χ1) is 11.4. The largest absolute Gasteiger partial charge is 0.367 e. The number of imidazole rings is 1. The topological polar surface area (TPSA) is 47.4 Å². The Morgan fingerprint density at radius 1 is 1.17 bits per heavy atom. The first-order valence-corrected chi connectivity index (χ1v) is 8.50. The molecule has 0 amide bonds. The molecule has 5 heteroatoms. The highest BCUT2D eigenvalue weighted by Gasteiger charge is 2.28. The van der Waals surface area contributed by atoms with Crippen molar-refractivity contribution in [1.29, 1.82) is 0 Å². The molecule has 0 spiro atoms. The Morgan fingerprint density at radius 3 is 2.46 bits per heavy atom. The van der Waals surface area contributed by atoms with Gasteiger partial charge in [0.15, 0.2) is 0 Å². The molecule has 0 aliphatic carbocycles. The van der Waals surface area contributed by atoms with Gasteiger partial charge in [-0.1, -0.05) is 30.3 Å². The first kappa shape index (κ1) is 16.7. The standard InChI is InChI=1S/C19H25N3O2/c1-19(2,3)18(23)24-22-11-9-16(10-12-22)21-13-17(20-14-21)15-7-5-4-6-8-15/h4-8,13-14,16H,9-12H2,1-3H3. The van der Waals surface area contributed by atoms with Crippen molar-refractivity contribution >= 4 is 5.97 Å². The molecule has 1 fully saturated rings. The zero-order valence-corrected chi connectivity index (χ0v) is 14.6. The molecule has 0 radical (unpaired) electrons. The summed E-state index contributed by atoms with van der Waals surface area (Å²) in [6, 6.07) is 10.6. The molecule has 2 aromatic rings. The number of benzene rings is 1. The average Bonchev–Trinajstić information content (AvgIpc) is 3.05. The third-order valence-corrected chi connectivity index (χ3v) is 4.34. The Kier molecular flexibility index (Phi) is 4.71. The van der Waals surface area contributed by atoms with Crippen LogP contribution in [0.1, 0.15) is 39.7 Å². The van der Waals surface area contributed by atoms with E-state index in [1.54, 1.807) is 5.06 Å². The minimum Gasteiger partial charge on any atom is -0.367 e. The van der Waals surface area contributed by atoms with Crippen LogP contribution in [0, 0.1) is 5.41 Å². The van der Waals surface area contributed by atoms with Crippen molar-refractivity contribution in [3.05, 3.63) is 42.9 Å². The summed E-state index contributed by atoms with van der Waals surface area (Å²) in [5.41, 5.74) is 1.66. The van der Waals surface area contributed by atoms with Crippen molar-refractivity contribution in [2.75, 3.05) is 13.1 Å². The number of hydrogen-bond acceptors (Lipinski definition) is 4. The van der Waals surface area contributed by atoms with E-state index in [-0.39, 0.29) is 5.97 Å². The van der Waals surface area contributed by atoms with Crippen LogP contribution >= 0.6 is 0 Å². The van der Waals surface area contributed by atoms with Crippen LogP contribution in [0.2, 0.25) is 0 Å². The second-order valence-corrected chi connectivity index (χ2v) is 7.36. The van der Waals surface area contributed by atoms with Crippen LogP contribution in [-0.4, -0.2) is 33.7 Å². The smallest absolute Gasteiger partial charge is 0.330 e. The number of carbonyl (C=O) groups excluding carboxylic acids is 1. The lowest BCUT2D eigenvalue weighted by molar-refractivity contribution is -0.205. The van der Waals surface area contributed by atoms with Gasteiger partial charge in [0.2, 0.25) is 0 Å². The molecule has 0 bridgehead atoms. The van der Waals surface area contributed by atoms with Gasteiger partial charge in [0.25, 0.3) is 0 Å². The highest BCUT2D eigenvalue weighted by Crippen LogP contribution is 2.26. The van der Waals surface area contributed by atoms with E-state index in [0.29, 0.717) is 6.04 Å². The van der Waals surface area contributed by atoms with E-state index in [9.17, 15) is 4.79 Å². The van der Waals surface area contributed by atoms with Crippen molar-refractivity contribution in [1.82, 2.24) is 14.6 Å². The van der Waals surface area contributed by atoms with Crippen molar-refractivity contribution in [2.24, 2.45) is 5.41 Å². The van der Waals surface area contributed by atoms with Gasteiger partial charge in [0.05, 0.1) is 17.4 Å². The number of aromatic nitrogens is 2. The van der Waals surface area contributed by atoms with Crippen LogP contribution in [0.15, 0.2) is 42.9 Å². The Balaban J connectivity index is 1.58. The zero-order chi connectivity index (χ0) is 17.2. The summed E-state index contributed by atoms with van der Waals surface area (Å²) in [4.78, 5) is 22.0. The molecule has 128 valence electrons. The molecule has 0 saturated carbocycles. The monoisotopic (exact) mass is 327 g/mol. The van der Waals surface area contributed by atoms with E-state index in [1.807, 2.05) is 45.3 Å². The fraction of sp³-hybridized carbons (Fsp3) is 0.474. The molecule has 3 rings (SSSR count). The minimum absolute atomic E-state index is 0.171. The molecule has 5 nitrogen and oxygen atoms in total. The minimum atomic E-state index is -0.466. The third kappa shape index (κ3) is 3.85. The van der Waals surface area contributed by atoms with Gasteiger partial charge >= 0.3 is 5.97 Å². The van der Waals surface area contributed by atoms with Crippen LogP contribution in [0.4, 0.5) is 0 Å². The molecular weight excluding hydrogens is 302 g/mol. The summed E-state index contributed by atoms with van der Waals surface area (Å²) in [6.07, 6.45) is 5.91. The summed E-state index contributed by atoms with van der Waals surface area (Å²) in [7, 11) is 0. The number of hydroxylamine groups is 2. The molecule has 0 atom stereocenters. The lowest BCUT2D eigenvalue weighted by Crippen LogP contribution is -2.39. The van der Waals surface area contributed by atoms with Crippen LogP contribution < -0.4 is 0 Å². The number of rotatable bonds is 3. The van der Waals surface area contributed by atoms with Gasteiger partial charge in [-0.3, -0.25) is 0 Å². The predicted molar refractivity (Wildman–Crippen MR) is 93.1 cm³/mol. The maximum Gasteiger partial charge on any atom is 0.330 e. The highest BCUT2D eigenvalue weighted by atomic mass is 16.7. The molecule has 1 aromatic heterocycles. The van der Waals surface area contributed by atoms with E-state index >= 15 is 0 Å². The molecule has 1 aromatic carbocycles. The molecule has 1 aliphatic rings. The van der Waals surface area contributed by atoms with Gasteiger partial charge in [-0.15, -0.1) is 5.06 Å².